The van der Waals surface area contributed by atoms with Gasteiger partial charge in [0.05, 0.1) is 4.92 Å². The third-order valence-corrected chi connectivity index (χ3v) is 3.30. The quantitative estimate of drug-likeness (QED) is 0.463. The first-order valence-corrected chi connectivity index (χ1v) is 7.01. The van der Waals surface area contributed by atoms with Gasteiger partial charge in [-0.15, -0.1) is 0 Å². The van der Waals surface area contributed by atoms with Gasteiger partial charge in [-0.05, 0) is 12.1 Å². The van der Waals surface area contributed by atoms with E-state index in [-0.39, 0.29) is 5.69 Å². The molecular formula is C12H15N5O2S. The third kappa shape index (κ3) is 3.89. The molecule has 0 spiro atoms. The average molecular weight is 293 g/mol. The van der Waals surface area contributed by atoms with Gasteiger partial charge in [0.2, 0.25) is 5.13 Å². The number of nitrogens with zero attached hydrogens (tertiary/aromatic N) is 3. The van der Waals surface area contributed by atoms with Crippen LogP contribution in [0.4, 0.5) is 16.5 Å². The van der Waals surface area contributed by atoms with Crippen LogP contribution in [-0.4, -0.2) is 27.4 Å². The monoisotopic (exact) mass is 293 g/mol. The van der Waals surface area contributed by atoms with Gasteiger partial charge in [0.25, 0.3) is 5.69 Å². The predicted octanol–water partition coefficient (Wildman–Crippen LogP) is 2.53. The molecule has 0 bridgehead atoms. The molecule has 2 N–H and O–H groups in total. The van der Waals surface area contributed by atoms with E-state index < -0.39 is 4.92 Å². The molecule has 0 atom stereocenters. The van der Waals surface area contributed by atoms with Crippen LogP contribution in [0.15, 0.2) is 24.3 Å². The van der Waals surface area contributed by atoms with E-state index in [9.17, 15) is 10.1 Å². The summed E-state index contributed by atoms with van der Waals surface area (Å²) in [5.74, 6) is 0.848. The first-order valence-electron chi connectivity index (χ1n) is 6.24. The van der Waals surface area contributed by atoms with Crippen molar-refractivity contribution in [2.24, 2.45) is 0 Å². The molecule has 0 aliphatic heterocycles. The van der Waals surface area contributed by atoms with Gasteiger partial charge < -0.3 is 10.6 Å². The summed E-state index contributed by atoms with van der Waals surface area (Å²) >= 11 is 1.35. The van der Waals surface area contributed by atoms with E-state index in [0.29, 0.717) is 13.1 Å². The fourth-order valence-electron chi connectivity index (χ4n) is 1.55. The van der Waals surface area contributed by atoms with Gasteiger partial charge in [-0.2, -0.15) is 4.37 Å². The fourth-order valence-corrected chi connectivity index (χ4v) is 2.22. The molecule has 1 heterocycles. The van der Waals surface area contributed by atoms with Crippen LogP contribution in [0, 0.1) is 10.1 Å². The number of aryl methyl sites for hydroxylation is 1. The van der Waals surface area contributed by atoms with Crippen LogP contribution in [0.25, 0.3) is 0 Å². The highest BCUT2D eigenvalue weighted by atomic mass is 32.1. The normalized spacial score (nSPS) is 10.2. The predicted molar refractivity (Wildman–Crippen MR) is 79.4 cm³/mol. The number of non-ortho nitro benzene ring substituents is 1. The second-order valence-corrected chi connectivity index (χ2v) is 4.78. The molecule has 8 heteroatoms. The van der Waals surface area contributed by atoms with Crippen LogP contribution in [-0.2, 0) is 6.42 Å². The minimum Gasteiger partial charge on any atom is -0.383 e. The van der Waals surface area contributed by atoms with E-state index in [0.717, 1.165) is 23.1 Å². The van der Waals surface area contributed by atoms with E-state index in [1.54, 1.807) is 12.1 Å². The summed E-state index contributed by atoms with van der Waals surface area (Å²) in [4.78, 5) is 14.4. The molecule has 0 aliphatic carbocycles. The number of aromatic nitrogens is 2. The summed E-state index contributed by atoms with van der Waals surface area (Å²) in [5, 5.41) is 17.7. The zero-order valence-electron chi connectivity index (χ0n) is 11.0. The Labute approximate surface area is 120 Å². The van der Waals surface area contributed by atoms with E-state index in [4.69, 9.17) is 0 Å². The number of benzene rings is 1. The largest absolute Gasteiger partial charge is 0.383 e. The second kappa shape index (κ2) is 6.80. The van der Waals surface area contributed by atoms with Crippen LogP contribution in [0.5, 0.6) is 0 Å². The Morgan fingerprint density at radius 1 is 1.25 bits per heavy atom. The van der Waals surface area contributed by atoms with Gasteiger partial charge in [0.1, 0.15) is 5.82 Å². The molecule has 0 aliphatic rings. The smallest absolute Gasteiger partial charge is 0.269 e. The van der Waals surface area contributed by atoms with E-state index in [1.807, 2.05) is 6.92 Å². The lowest BCUT2D eigenvalue weighted by Gasteiger charge is -2.06. The first kappa shape index (κ1) is 14.2. The Balaban J connectivity index is 1.74. The summed E-state index contributed by atoms with van der Waals surface area (Å²) < 4.78 is 4.18. The van der Waals surface area contributed by atoms with E-state index in [2.05, 4.69) is 20.0 Å². The summed E-state index contributed by atoms with van der Waals surface area (Å²) in [7, 11) is 0. The average Bonchev–Trinajstić information content (AvgIpc) is 2.92. The molecule has 0 radical (unpaired) electrons. The van der Waals surface area contributed by atoms with Crippen LogP contribution >= 0.6 is 11.5 Å². The summed E-state index contributed by atoms with van der Waals surface area (Å²) in [6, 6.07) is 6.35. The number of rotatable bonds is 7. The summed E-state index contributed by atoms with van der Waals surface area (Å²) in [6.45, 7) is 3.41. The van der Waals surface area contributed by atoms with Gasteiger partial charge in [0, 0.05) is 48.9 Å². The highest BCUT2D eigenvalue weighted by molar-refractivity contribution is 7.09. The molecule has 0 fully saturated rings. The maximum Gasteiger partial charge on any atom is 0.269 e. The molecule has 106 valence electrons. The van der Waals surface area contributed by atoms with Crippen LogP contribution in [0.1, 0.15) is 12.7 Å². The van der Waals surface area contributed by atoms with Crippen LogP contribution < -0.4 is 10.6 Å². The lowest BCUT2D eigenvalue weighted by Crippen LogP contribution is -2.13. The van der Waals surface area contributed by atoms with Crippen molar-refractivity contribution in [3.63, 3.8) is 0 Å². The number of anilines is 2. The maximum absolute atomic E-state index is 10.5. The molecule has 0 saturated carbocycles. The lowest BCUT2D eigenvalue weighted by molar-refractivity contribution is -0.384. The van der Waals surface area contributed by atoms with Crippen molar-refractivity contribution >= 4 is 28.0 Å². The van der Waals surface area contributed by atoms with Crippen LogP contribution in [0.2, 0.25) is 0 Å². The fraction of sp³-hybridized carbons (Fsp3) is 0.333. The molecule has 1 aromatic carbocycles. The minimum atomic E-state index is -0.411. The molecular weight excluding hydrogens is 278 g/mol. The summed E-state index contributed by atoms with van der Waals surface area (Å²) in [5.41, 5.74) is 0.943. The van der Waals surface area contributed by atoms with Crippen molar-refractivity contribution < 1.29 is 4.92 Å². The second-order valence-electron chi connectivity index (χ2n) is 4.03. The SMILES string of the molecule is CCc1nsc(NCCNc2ccc([N+](=O)[O-])cc2)n1. The zero-order chi connectivity index (χ0) is 14.4. The molecule has 0 amide bonds. The van der Waals surface area contributed by atoms with Crippen molar-refractivity contribution in [1.29, 1.82) is 0 Å². The Morgan fingerprint density at radius 2 is 1.95 bits per heavy atom. The van der Waals surface area contributed by atoms with Crippen molar-refractivity contribution in [1.82, 2.24) is 9.36 Å². The molecule has 2 aromatic rings. The number of nitro groups is 1. The molecule has 7 nitrogen and oxygen atoms in total. The van der Waals surface area contributed by atoms with Gasteiger partial charge in [-0.1, -0.05) is 6.92 Å². The highest BCUT2D eigenvalue weighted by Crippen LogP contribution is 2.15. The number of hydrogen-bond acceptors (Lipinski definition) is 7. The van der Waals surface area contributed by atoms with Crippen molar-refractivity contribution in [2.75, 3.05) is 23.7 Å². The zero-order valence-corrected chi connectivity index (χ0v) is 11.8. The molecule has 0 unspecified atom stereocenters. The molecule has 2 rings (SSSR count). The van der Waals surface area contributed by atoms with Gasteiger partial charge >= 0.3 is 0 Å². The van der Waals surface area contributed by atoms with Gasteiger partial charge in [-0.25, -0.2) is 4.98 Å². The van der Waals surface area contributed by atoms with E-state index >= 15 is 0 Å². The number of hydrogen-bond donors (Lipinski definition) is 2. The Kier molecular flexibility index (Phi) is 4.83. The molecule has 0 saturated heterocycles. The first-order chi connectivity index (χ1) is 9.69. The van der Waals surface area contributed by atoms with E-state index in [1.165, 1.54) is 23.7 Å². The Bertz CT molecular complexity index is 569. The number of nitro benzene ring substituents is 1. The standard InChI is InChI=1S/C12H15N5O2S/c1-2-11-15-12(20-16-11)14-8-7-13-9-3-5-10(6-4-9)17(18)19/h3-6,13H,2,7-8H2,1H3,(H,14,15,16). The summed E-state index contributed by atoms with van der Waals surface area (Å²) in [6.07, 6.45) is 0.833. The molecule has 1 aromatic heterocycles. The Morgan fingerprint density at radius 3 is 2.55 bits per heavy atom. The maximum atomic E-state index is 10.5. The van der Waals surface area contributed by atoms with Crippen molar-refractivity contribution in [3.8, 4) is 0 Å². The third-order valence-electron chi connectivity index (χ3n) is 2.59. The number of nitrogens with one attached hydrogen (secondary N) is 2. The Hall–Kier alpha value is -2.22. The van der Waals surface area contributed by atoms with Gasteiger partial charge in [-0.3, -0.25) is 10.1 Å². The topological polar surface area (TPSA) is 93.0 Å². The lowest BCUT2D eigenvalue weighted by atomic mass is 10.3. The van der Waals surface area contributed by atoms with Crippen LogP contribution in [0.3, 0.4) is 0 Å². The minimum absolute atomic E-state index is 0.0922. The molecule has 20 heavy (non-hydrogen) atoms. The van der Waals surface area contributed by atoms with Gasteiger partial charge in [0.15, 0.2) is 0 Å². The highest BCUT2D eigenvalue weighted by Gasteiger charge is 2.03. The van der Waals surface area contributed by atoms with Crippen molar-refractivity contribution in [2.45, 2.75) is 13.3 Å². The van der Waals surface area contributed by atoms with Crippen molar-refractivity contribution in [3.05, 3.63) is 40.2 Å².